The Labute approximate surface area is 184 Å². The molecule has 4 N–H and O–H groups in total. The SMILES string of the molecule is COc1ccc(F)cc1N1C(c2cc(-c3cccc(NC(C)=O)c3)cnc2N)=NNN1C. The van der Waals surface area contributed by atoms with Crippen LogP contribution in [-0.2, 0) is 4.79 Å². The van der Waals surface area contributed by atoms with E-state index in [4.69, 9.17) is 10.5 Å². The van der Waals surface area contributed by atoms with E-state index in [0.717, 1.165) is 11.1 Å². The van der Waals surface area contributed by atoms with Crippen LogP contribution in [-0.4, -0.2) is 36.0 Å². The molecule has 1 aromatic heterocycles. The number of carbonyl (C=O) groups excluding carboxylic acids is 1. The van der Waals surface area contributed by atoms with Gasteiger partial charge in [-0.2, -0.15) is 0 Å². The van der Waals surface area contributed by atoms with Crippen LogP contribution in [0.1, 0.15) is 12.5 Å². The van der Waals surface area contributed by atoms with E-state index in [9.17, 15) is 9.18 Å². The summed E-state index contributed by atoms with van der Waals surface area (Å²) in [4.78, 5) is 15.7. The number of nitrogen functional groups attached to an aromatic ring is 1. The van der Waals surface area contributed by atoms with Crippen molar-refractivity contribution in [2.45, 2.75) is 6.92 Å². The Kier molecular flexibility index (Phi) is 5.61. The first-order valence-electron chi connectivity index (χ1n) is 9.72. The van der Waals surface area contributed by atoms with E-state index in [2.05, 4.69) is 20.9 Å². The number of anilines is 3. The van der Waals surface area contributed by atoms with Gasteiger partial charge < -0.3 is 15.8 Å². The molecule has 2 aromatic carbocycles. The van der Waals surface area contributed by atoms with Crippen molar-refractivity contribution in [2.24, 2.45) is 5.10 Å². The summed E-state index contributed by atoms with van der Waals surface area (Å²) in [5.41, 5.74) is 12.3. The minimum absolute atomic E-state index is 0.160. The Morgan fingerprint density at radius 1 is 1.19 bits per heavy atom. The highest BCUT2D eigenvalue weighted by Gasteiger charge is 2.30. The molecule has 1 amide bonds. The van der Waals surface area contributed by atoms with Gasteiger partial charge in [-0.25, -0.2) is 19.9 Å². The summed E-state index contributed by atoms with van der Waals surface area (Å²) >= 11 is 0. The number of hydrogen-bond donors (Lipinski definition) is 3. The van der Waals surface area contributed by atoms with Crippen LogP contribution in [0.25, 0.3) is 11.1 Å². The topological polar surface area (TPSA) is 108 Å². The molecule has 3 aromatic rings. The normalized spacial score (nSPS) is 13.5. The molecule has 0 atom stereocenters. The zero-order valence-electron chi connectivity index (χ0n) is 17.8. The smallest absolute Gasteiger partial charge is 0.221 e. The Balaban J connectivity index is 1.77. The maximum absolute atomic E-state index is 14.1. The number of nitrogens with one attached hydrogen (secondary N) is 2. The Morgan fingerprint density at radius 2 is 2.00 bits per heavy atom. The van der Waals surface area contributed by atoms with Crippen molar-refractivity contribution < 1.29 is 13.9 Å². The fourth-order valence-corrected chi connectivity index (χ4v) is 3.42. The van der Waals surface area contributed by atoms with Gasteiger partial charge in [0.25, 0.3) is 0 Å². The van der Waals surface area contributed by atoms with Crippen LogP contribution in [0.4, 0.5) is 21.6 Å². The lowest BCUT2D eigenvalue weighted by atomic mass is 10.0. The summed E-state index contributed by atoms with van der Waals surface area (Å²) in [6.07, 6.45) is 1.64. The number of aromatic nitrogens is 1. The number of nitrogens with zero attached hydrogens (tertiary/aromatic N) is 4. The molecule has 164 valence electrons. The number of amides is 1. The zero-order chi connectivity index (χ0) is 22.8. The molecule has 9 nitrogen and oxygen atoms in total. The standard InChI is InChI=1S/C22H22FN7O2/c1-13(31)26-17-6-4-5-14(9-17)15-10-18(21(24)25-12-15)22-27-28-29(2)30(22)19-11-16(23)7-8-20(19)32-3/h4-12,28H,1-3H3,(H2,24,25)(H,26,31). The predicted molar refractivity (Wildman–Crippen MR) is 121 cm³/mol. The summed E-state index contributed by atoms with van der Waals surface area (Å²) in [6.45, 7) is 1.45. The molecule has 32 heavy (non-hydrogen) atoms. The Bertz CT molecular complexity index is 1210. The third-order valence-electron chi connectivity index (χ3n) is 4.85. The largest absolute Gasteiger partial charge is 0.495 e. The van der Waals surface area contributed by atoms with Gasteiger partial charge in [0.1, 0.15) is 23.1 Å². The van der Waals surface area contributed by atoms with Crippen molar-refractivity contribution in [2.75, 3.05) is 30.2 Å². The molecule has 1 aliphatic heterocycles. The molecule has 1 aliphatic rings. The average molecular weight is 435 g/mol. The molecule has 0 saturated carbocycles. The van der Waals surface area contributed by atoms with Gasteiger partial charge in [0, 0.05) is 37.5 Å². The number of halogens is 1. The van der Waals surface area contributed by atoms with Crippen molar-refractivity contribution in [1.82, 2.24) is 15.6 Å². The summed E-state index contributed by atoms with van der Waals surface area (Å²) in [5, 5.41) is 10.4. The van der Waals surface area contributed by atoms with Crippen molar-refractivity contribution in [3.8, 4) is 16.9 Å². The lowest BCUT2D eigenvalue weighted by Gasteiger charge is -2.27. The lowest BCUT2D eigenvalue weighted by Crippen LogP contribution is -2.43. The number of pyridine rings is 1. The number of hydrogen-bond acceptors (Lipinski definition) is 8. The molecule has 0 spiro atoms. The third-order valence-corrected chi connectivity index (χ3v) is 4.85. The van der Waals surface area contributed by atoms with Gasteiger partial charge in [0.05, 0.1) is 12.7 Å². The van der Waals surface area contributed by atoms with Crippen LogP contribution in [0.3, 0.4) is 0 Å². The van der Waals surface area contributed by atoms with Gasteiger partial charge in [0.15, 0.2) is 5.84 Å². The van der Waals surface area contributed by atoms with Crippen molar-refractivity contribution in [3.05, 3.63) is 66.1 Å². The van der Waals surface area contributed by atoms with Crippen LogP contribution in [0.15, 0.2) is 59.8 Å². The number of amidine groups is 1. The van der Waals surface area contributed by atoms with Crippen LogP contribution >= 0.6 is 0 Å². The number of hydrazone groups is 1. The molecule has 0 bridgehead atoms. The second-order valence-electron chi connectivity index (χ2n) is 7.11. The van der Waals surface area contributed by atoms with Crippen LogP contribution < -0.4 is 26.3 Å². The second kappa shape index (κ2) is 8.52. The third kappa shape index (κ3) is 4.03. The number of hydrazine groups is 2. The van der Waals surface area contributed by atoms with E-state index in [1.165, 1.54) is 26.2 Å². The van der Waals surface area contributed by atoms with E-state index < -0.39 is 5.82 Å². The highest BCUT2D eigenvalue weighted by atomic mass is 19.1. The fourth-order valence-electron chi connectivity index (χ4n) is 3.42. The van der Waals surface area contributed by atoms with Gasteiger partial charge in [-0.3, -0.25) is 4.79 Å². The zero-order valence-corrected chi connectivity index (χ0v) is 17.8. The minimum Gasteiger partial charge on any atom is -0.495 e. The minimum atomic E-state index is -0.421. The maximum Gasteiger partial charge on any atom is 0.221 e. The van der Waals surface area contributed by atoms with Gasteiger partial charge in [-0.05, 0) is 35.9 Å². The van der Waals surface area contributed by atoms with Crippen LogP contribution in [0.5, 0.6) is 5.75 Å². The van der Waals surface area contributed by atoms with Crippen molar-refractivity contribution in [1.29, 1.82) is 0 Å². The molecule has 0 unspecified atom stereocenters. The van der Waals surface area contributed by atoms with Gasteiger partial charge in [-0.15, -0.1) is 10.2 Å². The van der Waals surface area contributed by atoms with Gasteiger partial charge in [0.2, 0.25) is 5.91 Å². The number of carbonyl (C=O) groups is 1. The van der Waals surface area contributed by atoms with Crippen LogP contribution in [0, 0.1) is 5.82 Å². The van der Waals surface area contributed by atoms with Crippen LogP contribution in [0.2, 0.25) is 0 Å². The van der Waals surface area contributed by atoms with E-state index in [-0.39, 0.29) is 11.7 Å². The quantitative estimate of drug-likeness (QED) is 0.565. The second-order valence-corrected chi connectivity index (χ2v) is 7.11. The van der Waals surface area contributed by atoms with Crippen molar-refractivity contribution in [3.63, 3.8) is 0 Å². The monoisotopic (exact) mass is 435 g/mol. The number of ether oxygens (including phenoxy) is 1. The number of methoxy groups -OCH3 is 1. The summed E-state index contributed by atoms with van der Waals surface area (Å²) in [5.74, 6) is 0.548. The summed E-state index contributed by atoms with van der Waals surface area (Å²) in [7, 11) is 3.24. The number of rotatable bonds is 5. The molecule has 0 fully saturated rings. The Morgan fingerprint density at radius 3 is 2.75 bits per heavy atom. The highest BCUT2D eigenvalue weighted by Crippen LogP contribution is 2.34. The average Bonchev–Trinajstić information content (AvgIpc) is 3.14. The molecule has 0 saturated heterocycles. The number of nitrogens with two attached hydrogens (primary N) is 1. The molecular formula is C22H22FN7O2. The first kappa shape index (κ1) is 21.1. The van der Waals surface area contributed by atoms with Crippen molar-refractivity contribution >= 4 is 28.9 Å². The molecule has 10 heteroatoms. The van der Waals surface area contributed by atoms with E-state index in [1.807, 2.05) is 24.3 Å². The molecular weight excluding hydrogens is 413 g/mol. The van der Waals surface area contributed by atoms with E-state index in [1.54, 1.807) is 35.5 Å². The lowest BCUT2D eigenvalue weighted by molar-refractivity contribution is -0.114. The summed E-state index contributed by atoms with van der Waals surface area (Å²) in [6, 6.07) is 13.4. The molecule has 4 rings (SSSR count). The van der Waals surface area contributed by atoms with E-state index >= 15 is 0 Å². The molecule has 0 aliphatic carbocycles. The molecule has 0 radical (unpaired) electrons. The van der Waals surface area contributed by atoms with Gasteiger partial charge in [-0.1, -0.05) is 12.1 Å². The number of benzene rings is 2. The highest BCUT2D eigenvalue weighted by molar-refractivity contribution is 6.13. The maximum atomic E-state index is 14.1. The van der Waals surface area contributed by atoms with Gasteiger partial charge >= 0.3 is 0 Å². The first-order valence-corrected chi connectivity index (χ1v) is 9.72. The predicted octanol–water partition coefficient (Wildman–Crippen LogP) is 2.97. The van der Waals surface area contributed by atoms with E-state index in [0.29, 0.717) is 28.5 Å². The Hall–Kier alpha value is -4.18. The summed E-state index contributed by atoms with van der Waals surface area (Å²) < 4.78 is 19.5. The first-order chi connectivity index (χ1) is 15.4. The fraction of sp³-hybridized carbons (Fsp3) is 0.136. The molecule has 2 heterocycles.